The molecule has 1 unspecified atom stereocenters. The van der Waals surface area contributed by atoms with Gasteiger partial charge in [-0.05, 0) is 85.5 Å². The summed E-state index contributed by atoms with van der Waals surface area (Å²) >= 11 is 5.95. The van der Waals surface area contributed by atoms with E-state index in [9.17, 15) is 4.79 Å². The molecule has 2 heterocycles. The van der Waals surface area contributed by atoms with Gasteiger partial charge in [-0.25, -0.2) is 4.79 Å². The first kappa shape index (κ1) is 24.4. The topological polar surface area (TPSA) is 66.5 Å². The number of methoxy groups -OCH3 is 1. The maximum Gasteiger partial charge on any atom is 0.415 e. The number of halogens is 1. The van der Waals surface area contributed by atoms with Crippen molar-refractivity contribution in [2.24, 2.45) is 0 Å². The third kappa shape index (κ3) is 5.59. The van der Waals surface area contributed by atoms with Crippen LogP contribution in [-0.4, -0.2) is 38.8 Å². The van der Waals surface area contributed by atoms with E-state index in [1.54, 1.807) is 36.3 Å². The molecule has 8 heteroatoms. The third-order valence-corrected chi connectivity index (χ3v) is 6.52. The van der Waals surface area contributed by atoms with Crippen LogP contribution in [0.2, 0.25) is 5.02 Å². The van der Waals surface area contributed by atoms with Gasteiger partial charge in [-0.2, -0.15) is 0 Å². The fourth-order valence-electron chi connectivity index (χ4n) is 4.47. The van der Waals surface area contributed by atoms with Crippen molar-refractivity contribution in [1.82, 2.24) is 0 Å². The SMILES string of the molecule is COc1cccc([C@H]2[C@H](COC3CCCCO3)OC(=O)N2c2ccc(Oc3ccc(Cl)cc3)cc2)c1. The van der Waals surface area contributed by atoms with E-state index in [0.29, 0.717) is 34.6 Å². The molecular formula is C28H28ClNO6. The first-order valence-electron chi connectivity index (χ1n) is 12.0. The van der Waals surface area contributed by atoms with Crippen molar-refractivity contribution in [2.45, 2.75) is 37.7 Å². The average Bonchev–Trinajstić information content (AvgIpc) is 3.25. The van der Waals surface area contributed by atoms with Gasteiger partial charge in [0.15, 0.2) is 12.4 Å². The maximum absolute atomic E-state index is 13.1. The highest BCUT2D eigenvalue weighted by Crippen LogP contribution is 2.39. The first-order valence-corrected chi connectivity index (χ1v) is 12.4. The summed E-state index contributed by atoms with van der Waals surface area (Å²) in [7, 11) is 1.62. The highest BCUT2D eigenvalue weighted by molar-refractivity contribution is 6.30. The van der Waals surface area contributed by atoms with Gasteiger partial charge in [0.1, 0.15) is 23.3 Å². The van der Waals surface area contributed by atoms with Crippen molar-refractivity contribution in [3.05, 3.63) is 83.4 Å². The molecule has 0 saturated carbocycles. The monoisotopic (exact) mass is 509 g/mol. The normalized spacial score (nSPS) is 21.8. The second-order valence-corrected chi connectivity index (χ2v) is 9.13. The zero-order chi connectivity index (χ0) is 24.9. The lowest BCUT2D eigenvalue weighted by atomic mass is 10.00. The van der Waals surface area contributed by atoms with Gasteiger partial charge in [0.2, 0.25) is 0 Å². The van der Waals surface area contributed by atoms with Crippen molar-refractivity contribution in [2.75, 3.05) is 25.2 Å². The second-order valence-electron chi connectivity index (χ2n) is 8.69. The Morgan fingerprint density at radius 1 is 0.972 bits per heavy atom. The number of ether oxygens (including phenoxy) is 5. The quantitative estimate of drug-likeness (QED) is 0.334. The summed E-state index contributed by atoms with van der Waals surface area (Å²) in [5, 5.41) is 0.641. The van der Waals surface area contributed by atoms with Crippen LogP contribution in [0, 0.1) is 0 Å². The average molecular weight is 510 g/mol. The number of nitrogens with zero attached hydrogens (tertiary/aromatic N) is 1. The summed E-state index contributed by atoms with van der Waals surface area (Å²) in [4.78, 5) is 14.8. The Morgan fingerprint density at radius 2 is 1.72 bits per heavy atom. The number of amides is 1. The standard InChI is InChI=1S/C28H28ClNO6/c1-32-24-6-4-5-19(17-24)27-25(18-34-26-7-2-3-16-33-26)36-28(31)30(27)21-10-14-23(15-11-21)35-22-12-8-20(29)9-13-22/h4-6,8-15,17,25-27H,2-3,7,16,18H2,1H3/t25-,26?,27-/m0/s1. The van der Waals surface area contributed by atoms with E-state index in [1.165, 1.54) is 0 Å². The zero-order valence-electron chi connectivity index (χ0n) is 20.0. The molecule has 2 saturated heterocycles. The smallest absolute Gasteiger partial charge is 0.415 e. The maximum atomic E-state index is 13.1. The molecule has 36 heavy (non-hydrogen) atoms. The Morgan fingerprint density at radius 3 is 2.42 bits per heavy atom. The lowest BCUT2D eigenvalue weighted by molar-refractivity contribution is -0.174. The van der Waals surface area contributed by atoms with E-state index in [0.717, 1.165) is 24.8 Å². The third-order valence-electron chi connectivity index (χ3n) is 6.26. The largest absolute Gasteiger partial charge is 0.497 e. The van der Waals surface area contributed by atoms with Crippen LogP contribution in [0.5, 0.6) is 17.2 Å². The van der Waals surface area contributed by atoms with Gasteiger partial charge in [-0.15, -0.1) is 0 Å². The van der Waals surface area contributed by atoms with Crippen molar-refractivity contribution < 1.29 is 28.5 Å². The summed E-state index contributed by atoms with van der Waals surface area (Å²) in [5.74, 6) is 2.01. The fourth-order valence-corrected chi connectivity index (χ4v) is 4.60. The van der Waals surface area contributed by atoms with Crippen LogP contribution in [0.4, 0.5) is 10.5 Å². The molecule has 3 aromatic rings. The summed E-state index contributed by atoms with van der Waals surface area (Å²) < 4.78 is 28.9. The molecule has 1 amide bonds. The fraction of sp³-hybridized carbons (Fsp3) is 0.321. The van der Waals surface area contributed by atoms with Crippen molar-refractivity contribution in [3.63, 3.8) is 0 Å². The second kappa shape index (κ2) is 11.2. The number of carbonyl (C=O) groups is 1. The van der Waals surface area contributed by atoms with E-state index >= 15 is 0 Å². The molecule has 7 nitrogen and oxygen atoms in total. The Kier molecular flexibility index (Phi) is 7.60. The van der Waals surface area contributed by atoms with E-state index in [-0.39, 0.29) is 12.9 Å². The lowest BCUT2D eigenvalue weighted by Gasteiger charge is -2.28. The lowest BCUT2D eigenvalue weighted by Crippen LogP contribution is -2.33. The van der Waals surface area contributed by atoms with Crippen LogP contribution in [0.3, 0.4) is 0 Å². The van der Waals surface area contributed by atoms with Crippen LogP contribution in [0.15, 0.2) is 72.8 Å². The van der Waals surface area contributed by atoms with Crippen LogP contribution < -0.4 is 14.4 Å². The van der Waals surface area contributed by atoms with E-state index in [2.05, 4.69) is 0 Å². The molecule has 0 aromatic heterocycles. The van der Waals surface area contributed by atoms with Crippen molar-refractivity contribution in [1.29, 1.82) is 0 Å². The molecule has 3 atom stereocenters. The molecule has 2 aliphatic heterocycles. The number of carbonyl (C=O) groups excluding carboxylic acids is 1. The molecular weight excluding hydrogens is 482 g/mol. The van der Waals surface area contributed by atoms with E-state index in [4.69, 9.17) is 35.3 Å². The van der Waals surface area contributed by atoms with Gasteiger partial charge in [0.05, 0.1) is 13.7 Å². The number of hydrogen-bond acceptors (Lipinski definition) is 6. The van der Waals surface area contributed by atoms with Gasteiger partial charge in [0.25, 0.3) is 0 Å². The molecule has 0 radical (unpaired) electrons. The van der Waals surface area contributed by atoms with Crippen LogP contribution in [-0.2, 0) is 14.2 Å². The molecule has 0 spiro atoms. The molecule has 188 valence electrons. The molecule has 0 aliphatic carbocycles. The molecule has 3 aromatic carbocycles. The van der Waals surface area contributed by atoms with Crippen molar-refractivity contribution in [3.8, 4) is 17.2 Å². The summed E-state index contributed by atoms with van der Waals surface area (Å²) in [6.45, 7) is 0.914. The summed E-state index contributed by atoms with van der Waals surface area (Å²) in [6, 6.07) is 21.7. The number of cyclic esters (lactones) is 1. The van der Waals surface area contributed by atoms with Gasteiger partial charge in [-0.1, -0.05) is 23.7 Å². The van der Waals surface area contributed by atoms with E-state index in [1.807, 2.05) is 48.5 Å². The minimum Gasteiger partial charge on any atom is -0.497 e. The summed E-state index contributed by atoms with van der Waals surface area (Å²) in [5.41, 5.74) is 1.58. The van der Waals surface area contributed by atoms with Crippen molar-refractivity contribution >= 4 is 23.4 Å². The molecule has 0 bridgehead atoms. The Hall–Kier alpha value is -3.26. The molecule has 2 fully saturated rings. The van der Waals surface area contributed by atoms with Gasteiger partial charge in [-0.3, -0.25) is 4.90 Å². The Labute approximate surface area is 215 Å². The van der Waals surface area contributed by atoms with Crippen LogP contribution in [0.25, 0.3) is 0 Å². The number of benzene rings is 3. The molecule has 0 N–H and O–H groups in total. The highest BCUT2D eigenvalue weighted by Gasteiger charge is 2.44. The number of hydrogen-bond donors (Lipinski definition) is 0. The molecule has 5 rings (SSSR count). The predicted molar refractivity (Wildman–Crippen MR) is 136 cm³/mol. The van der Waals surface area contributed by atoms with Gasteiger partial charge >= 0.3 is 6.09 Å². The Balaban J connectivity index is 1.38. The number of rotatable bonds is 8. The van der Waals surface area contributed by atoms with Gasteiger partial charge < -0.3 is 23.7 Å². The Bertz CT molecular complexity index is 1160. The van der Waals surface area contributed by atoms with Crippen LogP contribution in [0.1, 0.15) is 30.9 Å². The molecule has 2 aliphatic rings. The highest BCUT2D eigenvalue weighted by atomic mass is 35.5. The summed E-state index contributed by atoms with van der Waals surface area (Å²) in [6.07, 6.45) is 1.71. The van der Waals surface area contributed by atoms with Crippen LogP contribution >= 0.6 is 11.6 Å². The zero-order valence-corrected chi connectivity index (χ0v) is 20.7. The minimum absolute atomic E-state index is 0.229. The van der Waals surface area contributed by atoms with E-state index < -0.39 is 18.2 Å². The minimum atomic E-state index is -0.514. The van der Waals surface area contributed by atoms with Gasteiger partial charge in [0, 0.05) is 17.3 Å². The first-order chi connectivity index (χ1) is 17.6. The number of anilines is 1. The predicted octanol–water partition coefficient (Wildman–Crippen LogP) is 6.75.